The van der Waals surface area contributed by atoms with Crippen LogP contribution in [0.4, 0.5) is 5.69 Å². The Morgan fingerprint density at radius 2 is 1.89 bits per heavy atom. The van der Waals surface area contributed by atoms with Crippen LogP contribution in [0.3, 0.4) is 0 Å². The molecule has 2 N–H and O–H groups in total. The lowest BCUT2D eigenvalue weighted by atomic mass is 9.90. The van der Waals surface area contributed by atoms with Crippen molar-refractivity contribution in [1.82, 2.24) is 14.9 Å². The smallest absolute Gasteiger partial charge is 0.285 e. The normalized spacial score (nSPS) is 11.7. The van der Waals surface area contributed by atoms with E-state index in [1.54, 1.807) is 20.3 Å². The maximum Gasteiger partial charge on any atom is 0.285 e. The molecule has 0 radical (unpaired) electrons. The van der Waals surface area contributed by atoms with E-state index >= 15 is 0 Å². The average Bonchev–Trinajstić information content (AvgIpc) is 3.29. The third-order valence-corrected chi connectivity index (χ3v) is 5.80. The van der Waals surface area contributed by atoms with Crippen LogP contribution in [0.25, 0.3) is 10.9 Å². The van der Waals surface area contributed by atoms with Crippen molar-refractivity contribution in [3.8, 4) is 11.5 Å². The summed E-state index contributed by atoms with van der Waals surface area (Å²) in [7, 11) is 3.11. The summed E-state index contributed by atoms with van der Waals surface area (Å²) in [4.78, 5) is 38.6. The standard InChI is InChI=1S/C25H24N4O6/c1-34-22-9-5-7-18(25(22)35-2)20(19-12-26-21-8-4-3-6-17(19)21)13-27-23(30)15-28-14-16(29(32)33)10-11-24(28)31/h3-12,14,20,26H,13,15H2,1-2H3,(H,27,30). The van der Waals surface area contributed by atoms with Crippen LogP contribution in [-0.4, -0.2) is 41.1 Å². The second-order valence-electron chi connectivity index (χ2n) is 7.84. The lowest BCUT2D eigenvalue weighted by Crippen LogP contribution is -2.34. The first-order valence-electron chi connectivity index (χ1n) is 10.8. The number of benzene rings is 2. The van der Waals surface area contributed by atoms with Gasteiger partial charge in [0.15, 0.2) is 11.5 Å². The molecule has 2 aromatic heterocycles. The lowest BCUT2D eigenvalue weighted by Gasteiger charge is -2.22. The molecule has 0 saturated heterocycles. The van der Waals surface area contributed by atoms with Crippen molar-refractivity contribution in [2.24, 2.45) is 0 Å². The minimum absolute atomic E-state index is 0.188. The molecule has 2 aromatic carbocycles. The van der Waals surface area contributed by atoms with Crippen LogP contribution < -0.4 is 20.3 Å². The average molecular weight is 476 g/mol. The van der Waals surface area contributed by atoms with Gasteiger partial charge in [-0.3, -0.25) is 24.3 Å². The first kappa shape index (κ1) is 23.6. The van der Waals surface area contributed by atoms with Gasteiger partial charge >= 0.3 is 0 Å². The topological polar surface area (TPSA) is 128 Å². The van der Waals surface area contributed by atoms with Crippen LogP contribution in [0, 0.1) is 10.1 Å². The highest BCUT2D eigenvalue weighted by Crippen LogP contribution is 2.40. The number of hydrogen-bond acceptors (Lipinski definition) is 6. The Balaban J connectivity index is 1.66. The number of carbonyl (C=O) groups excluding carboxylic acids is 1. The largest absolute Gasteiger partial charge is 0.493 e. The molecule has 1 unspecified atom stereocenters. The monoisotopic (exact) mass is 476 g/mol. The second-order valence-corrected chi connectivity index (χ2v) is 7.84. The van der Waals surface area contributed by atoms with Gasteiger partial charge in [0.05, 0.1) is 25.3 Å². The van der Waals surface area contributed by atoms with Gasteiger partial charge in [0, 0.05) is 47.3 Å². The number of nitro groups is 1. The molecule has 4 rings (SSSR count). The number of fused-ring (bicyclic) bond motifs is 1. The minimum Gasteiger partial charge on any atom is -0.493 e. The SMILES string of the molecule is COc1cccc(C(CNC(=O)Cn2cc([N+](=O)[O-])ccc2=O)c2c[nH]c3ccccc23)c1OC. The minimum atomic E-state index is -0.615. The molecule has 0 saturated carbocycles. The Morgan fingerprint density at radius 1 is 1.09 bits per heavy atom. The molecular formula is C25H24N4O6. The number of rotatable bonds is 9. The van der Waals surface area contributed by atoms with Gasteiger partial charge in [-0.05, 0) is 17.7 Å². The molecule has 1 amide bonds. The molecule has 10 nitrogen and oxygen atoms in total. The highest BCUT2D eigenvalue weighted by molar-refractivity contribution is 5.84. The van der Waals surface area contributed by atoms with Crippen LogP contribution in [-0.2, 0) is 11.3 Å². The Hall–Kier alpha value is -4.60. The van der Waals surface area contributed by atoms with Crippen LogP contribution in [0.2, 0.25) is 0 Å². The van der Waals surface area contributed by atoms with Crippen LogP contribution in [0.5, 0.6) is 11.5 Å². The third-order valence-electron chi connectivity index (χ3n) is 5.80. The number of nitrogens with zero attached hydrogens (tertiary/aromatic N) is 2. The number of aromatic amines is 1. The molecular weight excluding hydrogens is 452 g/mol. The van der Waals surface area contributed by atoms with E-state index in [-0.39, 0.29) is 24.7 Å². The fourth-order valence-corrected chi connectivity index (χ4v) is 4.13. The van der Waals surface area contributed by atoms with Crippen LogP contribution in [0.1, 0.15) is 17.0 Å². The Bertz CT molecular complexity index is 1440. The summed E-state index contributed by atoms with van der Waals surface area (Å²) < 4.78 is 12.1. The molecule has 0 spiro atoms. The second kappa shape index (κ2) is 10.1. The van der Waals surface area contributed by atoms with E-state index in [0.717, 1.165) is 44.9 Å². The van der Waals surface area contributed by atoms with E-state index in [2.05, 4.69) is 10.3 Å². The number of hydrogen-bond donors (Lipinski definition) is 2. The zero-order chi connectivity index (χ0) is 24.9. The van der Waals surface area contributed by atoms with Gasteiger partial charge in [0.25, 0.3) is 11.2 Å². The highest BCUT2D eigenvalue weighted by Gasteiger charge is 2.24. The number of nitrogens with one attached hydrogen (secondary N) is 2. The zero-order valence-electron chi connectivity index (χ0n) is 19.2. The molecule has 2 heterocycles. The molecule has 0 bridgehead atoms. The fourth-order valence-electron chi connectivity index (χ4n) is 4.13. The molecule has 0 aliphatic heterocycles. The Labute approximate surface area is 200 Å². The van der Waals surface area contributed by atoms with Crippen LogP contribution >= 0.6 is 0 Å². The van der Waals surface area contributed by atoms with Gasteiger partial charge in [-0.2, -0.15) is 0 Å². The van der Waals surface area contributed by atoms with Crippen molar-refractivity contribution in [1.29, 1.82) is 0 Å². The van der Waals surface area contributed by atoms with Crippen molar-refractivity contribution in [3.05, 3.63) is 98.6 Å². The van der Waals surface area contributed by atoms with E-state index in [4.69, 9.17) is 9.47 Å². The summed E-state index contributed by atoms with van der Waals surface area (Å²) in [5, 5.41) is 14.9. The predicted octanol–water partition coefficient (Wildman–Crippen LogP) is 3.20. The van der Waals surface area contributed by atoms with Crippen molar-refractivity contribution in [3.63, 3.8) is 0 Å². The maximum absolute atomic E-state index is 12.8. The van der Waals surface area contributed by atoms with E-state index in [1.165, 1.54) is 0 Å². The molecule has 0 aliphatic carbocycles. The molecule has 4 aromatic rings. The van der Waals surface area contributed by atoms with Gasteiger partial charge in [-0.1, -0.05) is 30.3 Å². The number of aromatic nitrogens is 2. The van der Waals surface area contributed by atoms with Gasteiger partial charge in [0.2, 0.25) is 5.91 Å². The summed E-state index contributed by atoms with van der Waals surface area (Å²) in [6.07, 6.45) is 2.95. The van der Waals surface area contributed by atoms with Crippen molar-refractivity contribution in [2.75, 3.05) is 20.8 Å². The van der Waals surface area contributed by atoms with E-state index in [9.17, 15) is 19.7 Å². The molecule has 1 atom stereocenters. The molecule has 10 heteroatoms. The number of ether oxygens (including phenoxy) is 2. The maximum atomic E-state index is 12.8. The number of methoxy groups -OCH3 is 2. The molecule has 180 valence electrons. The van der Waals surface area contributed by atoms with E-state index in [1.807, 2.05) is 42.6 Å². The summed E-state index contributed by atoms with van der Waals surface area (Å²) in [6, 6.07) is 15.6. The summed E-state index contributed by atoms with van der Waals surface area (Å²) >= 11 is 0. The Morgan fingerprint density at radius 3 is 2.63 bits per heavy atom. The summed E-state index contributed by atoms with van der Waals surface area (Å²) in [6.45, 7) is -0.162. The number of H-pyrrole nitrogens is 1. The summed E-state index contributed by atoms with van der Waals surface area (Å²) in [5.41, 5.74) is 1.93. The Kier molecular flexibility index (Phi) is 6.81. The predicted molar refractivity (Wildman–Crippen MR) is 130 cm³/mol. The van der Waals surface area contributed by atoms with Crippen LogP contribution in [0.15, 0.2) is 71.8 Å². The summed E-state index contributed by atoms with van der Waals surface area (Å²) in [5.74, 6) is 0.333. The lowest BCUT2D eigenvalue weighted by molar-refractivity contribution is -0.385. The molecule has 35 heavy (non-hydrogen) atoms. The molecule has 0 fully saturated rings. The number of amides is 1. The van der Waals surface area contributed by atoms with E-state index in [0.29, 0.717) is 11.5 Å². The van der Waals surface area contributed by atoms with Gasteiger partial charge < -0.3 is 19.8 Å². The van der Waals surface area contributed by atoms with E-state index < -0.39 is 16.4 Å². The van der Waals surface area contributed by atoms with Gasteiger partial charge in [-0.15, -0.1) is 0 Å². The van der Waals surface area contributed by atoms with Crippen molar-refractivity contribution < 1.29 is 19.2 Å². The number of carbonyl (C=O) groups is 1. The number of pyridine rings is 1. The highest BCUT2D eigenvalue weighted by atomic mass is 16.6. The third kappa shape index (κ3) is 4.86. The molecule has 0 aliphatic rings. The van der Waals surface area contributed by atoms with Gasteiger partial charge in [-0.25, -0.2) is 0 Å². The zero-order valence-corrected chi connectivity index (χ0v) is 19.2. The first-order chi connectivity index (χ1) is 16.9. The number of para-hydroxylation sites is 2. The van der Waals surface area contributed by atoms with Crippen molar-refractivity contribution in [2.45, 2.75) is 12.5 Å². The quantitative estimate of drug-likeness (QED) is 0.282. The van der Waals surface area contributed by atoms with Crippen molar-refractivity contribution >= 4 is 22.5 Å². The van der Waals surface area contributed by atoms with Gasteiger partial charge in [0.1, 0.15) is 6.54 Å². The first-order valence-corrected chi connectivity index (χ1v) is 10.8. The fraction of sp³-hybridized carbons (Fsp3) is 0.200.